The predicted molar refractivity (Wildman–Crippen MR) is 68.3 cm³/mol. The van der Waals surface area contributed by atoms with E-state index in [-0.39, 0.29) is 17.4 Å². The van der Waals surface area contributed by atoms with Crippen molar-refractivity contribution in [1.29, 1.82) is 0 Å². The van der Waals surface area contributed by atoms with Crippen molar-refractivity contribution in [2.45, 2.75) is 32.3 Å². The minimum absolute atomic E-state index is 0.185. The third kappa shape index (κ3) is 4.07. The average Bonchev–Trinajstić information content (AvgIpc) is 2.76. The Labute approximate surface area is 112 Å². The summed E-state index contributed by atoms with van der Waals surface area (Å²) in [5.74, 6) is -0.305. The zero-order valence-corrected chi connectivity index (χ0v) is 11.5. The lowest BCUT2D eigenvalue weighted by Crippen LogP contribution is -2.38. The first-order chi connectivity index (χ1) is 8.96. The molecule has 1 saturated heterocycles. The maximum Gasteiger partial charge on any atom is 0.267 e. The Hall–Kier alpha value is -1.34. The van der Waals surface area contributed by atoms with Gasteiger partial charge in [0.05, 0.1) is 17.4 Å². The topological polar surface area (TPSA) is 85.6 Å². The van der Waals surface area contributed by atoms with Crippen LogP contribution in [0, 0.1) is 6.92 Å². The van der Waals surface area contributed by atoms with E-state index in [0.29, 0.717) is 18.8 Å². The van der Waals surface area contributed by atoms with Crippen LogP contribution < -0.4 is 4.72 Å². The summed E-state index contributed by atoms with van der Waals surface area (Å²) in [5.41, 5.74) is 0.200. The van der Waals surface area contributed by atoms with E-state index in [1.807, 2.05) is 4.72 Å². The number of aryl methyl sites for hydroxylation is 1. The molecular weight excluding hydrogens is 270 g/mol. The molecule has 0 aromatic carbocycles. The SMILES string of the molecule is Cc1cc(C(=O)NS(=O)(=O)CC2CCCCO2)co1. The molecule has 0 spiro atoms. The fourth-order valence-corrected chi connectivity index (χ4v) is 3.22. The number of nitrogens with one attached hydrogen (secondary N) is 1. The number of rotatable bonds is 4. The maximum atomic E-state index is 11.8. The van der Waals surface area contributed by atoms with Gasteiger partial charge in [-0.25, -0.2) is 13.1 Å². The van der Waals surface area contributed by atoms with Gasteiger partial charge in [-0.2, -0.15) is 0 Å². The normalized spacial score (nSPS) is 20.2. The van der Waals surface area contributed by atoms with Gasteiger partial charge in [-0.1, -0.05) is 0 Å². The van der Waals surface area contributed by atoms with Crippen LogP contribution in [-0.2, 0) is 14.8 Å². The third-order valence-corrected chi connectivity index (χ3v) is 4.23. The Morgan fingerprint density at radius 3 is 2.84 bits per heavy atom. The second kappa shape index (κ2) is 5.75. The number of amides is 1. The van der Waals surface area contributed by atoms with Gasteiger partial charge in [0.15, 0.2) is 0 Å². The van der Waals surface area contributed by atoms with Gasteiger partial charge in [0.2, 0.25) is 10.0 Å². The summed E-state index contributed by atoms with van der Waals surface area (Å²) in [6, 6.07) is 1.49. The molecule has 1 aliphatic heterocycles. The van der Waals surface area contributed by atoms with E-state index in [1.165, 1.54) is 12.3 Å². The highest BCUT2D eigenvalue weighted by atomic mass is 32.2. The Balaban J connectivity index is 1.94. The van der Waals surface area contributed by atoms with Crippen LogP contribution in [0.4, 0.5) is 0 Å². The molecule has 7 heteroatoms. The zero-order valence-electron chi connectivity index (χ0n) is 10.7. The van der Waals surface area contributed by atoms with Gasteiger partial charge >= 0.3 is 0 Å². The van der Waals surface area contributed by atoms with Crippen LogP contribution in [0.25, 0.3) is 0 Å². The van der Waals surface area contributed by atoms with Crippen LogP contribution in [-0.4, -0.2) is 32.8 Å². The summed E-state index contributed by atoms with van der Waals surface area (Å²) in [5, 5.41) is 0. The number of carbonyl (C=O) groups excluding carboxylic acids is 1. The Kier molecular flexibility index (Phi) is 4.26. The molecule has 0 radical (unpaired) electrons. The zero-order chi connectivity index (χ0) is 13.9. The summed E-state index contributed by atoms with van der Waals surface area (Å²) >= 11 is 0. The number of carbonyl (C=O) groups is 1. The quantitative estimate of drug-likeness (QED) is 0.899. The molecule has 0 saturated carbocycles. The molecule has 1 aliphatic rings. The van der Waals surface area contributed by atoms with Gasteiger partial charge in [0.25, 0.3) is 5.91 Å². The molecule has 1 unspecified atom stereocenters. The van der Waals surface area contributed by atoms with E-state index in [4.69, 9.17) is 9.15 Å². The fourth-order valence-electron chi connectivity index (χ4n) is 1.99. The van der Waals surface area contributed by atoms with Crippen molar-refractivity contribution in [2.24, 2.45) is 0 Å². The standard InChI is InChI=1S/C12H17NO5S/c1-9-6-10(7-18-9)12(14)13-19(15,16)8-11-4-2-3-5-17-11/h6-7,11H,2-5,8H2,1H3,(H,13,14). The van der Waals surface area contributed by atoms with E-state index in [0.717, 1.165) is 12.8 Å². The van der Waals surface area contributed by atoms with Gasteiger partial charge in [0, 0.05) is 6.61 Å². The second-order valence-corrected chi connectivity index (χ2v) is 6.41. The molecule has 0 bridgehead atoms. The summed E-state index contributed by atoms with van der Waals surface area (Å²) in [6.45, 7) is 2.26. The van der Waals surface area contributed by atoms with Crippen LogP contribution in [0.1, 0.15) is 35.4 Å². The first-order valence-corrected chi connectivity index (χ1v) is 7.83. The lowest BCUT2D eigenvalue weighted by atomic mass is 10.1. The van der Waals surface area contributed by atoms with Gasteiger partial charge in [0.1, 0.15) is 12.0 Å². The molecule has 1 aromatic heterocycles. The number of hydrogen-bond acceptors (Lipinski definition) is 5. The minimum atomic E-state index is -3.69. The molecule has 1 aromatic rings. The highest BCUT2D eigenvalue weighted by Gasteiger charge is 2.24. The first-order valence-electron chi connectivity index (χ1n) is 6.18. The molecule has 1 atom stereocenters. The maximum absolute atomic E-state index is 11.8. The molecule has 1 amide bonds. The van der Waals surface area contributed by atoms with Crippen molar-refractivity contribution in [3.05, 3.63) is 23.7 Å². The van der Waals surface area contributed by atoms with E-state index < -0.39 is 15.9 Å². The third-order valence-electron chi connectivity index (χ3n) is 2.92. The van der Waals surface area contributed by atoms with Gasteiger partial charge in [-0.3, -0.25) is 4.79 Å². The lowest BCUT2D eigenvalue weighted by molar-refractivity contribution is 0.0304. The van der Waals surface area contributed by atoms with Crippen molar-refractivity contribution >= 4 is 15.9 Å². The van der Waals surface area contributed by atoms with Gasteiger partial charge in [-0.05, 0) is 32.3 Å². The van der Waals surface area contributed by atoms with Crippen molar-refractivity contribution < 1.29 is 22.4 Å². The number of furan rings is 1. The van der Waals surface area contributed by atoms with E-state index in [9.17, 15) is 13.2 Å². The summed E-state index contributed by atoms with van der Waals surface area (Å²) in [6.07, 6.45) is 3.52. The van der Waals surface area contributed by atoms with Crippen molar-refractivity contribution in [3.8, 4) is 0 Å². The Morgan fingerprint density at radius 2 is 2.26 bits per heavy atom. The molecular formula is C12H17NO5S. The molecule has 2 rings (SSSR count). The largest absolute Gasteiger partial charge is 0.469 e. The number of hydrogen-bond donors (Lipinski definition) is 1. The first kappa shape index (κ1) is 14.1. The highest BCUT2D eigenvalue weighted by molar-refractivity contribution is 7.90. The van der Waals surface area contributed by atoms with E-state index in [1.54, 1.807) is 6.92 Å². The Bertz CT molecular complexity index is 542. The van der Waals surface area contributed by atoms with Crippen molar-refractivity contribution in [2.75, 3.05) is 12.4 Å². The van der Waals surface area contributed by atoms with Crippen LogP contribution >= 0.6 is 0 Å². The summed E-state index contributed by atoms with van der Waals surface area (Å²) < 4.78 is 36.0. The summed E-state index contributed by atoms with van der Waals surface area (Å²) in [7, 11) is -3.69. The monoisotopic (exact) mass is 287 g/mol. The van der Waals surface area contributed by atoms with Crippen molar-refractivity contribution in [1.82, 2.24) is 4.72 Å². The molecule has 1 fully saturated rings. The van der Waals surface area contributed by atoms with Crippen molar-refractivity contribution in [3.63, 3.8) is 0 Å². The molecule has 106 valence electrons. The number of ether oxygens (including phenoxy) is 1. The van der Waals surface area contributed by atoms with Gasteiger partial charge in [-0.15, -0.1) is 0 Å². The minimum Gasteiger partial charge on any atom is -0.469 e. The van der Waals surface area contributed by atoms with E-state index in [2.05, 4.69) is 0 Å². The smallest absolute Gasteiger partial charge is 0.267 e. The summed E-state index contributed by atoms with van der Waals surface area (Å²) in [4.78, 5) is 11.7. The van der Waals surface area contributed by atoms with Gasteiger partial charge < -0.3 is 9.15 Å². The lowest BCUT2D eigenvalue weighted by Gasteiger charge is -2.22. The van der Waals surface area contributed by atoms with Crippen LogP contribution in [0.2, 0.25) is 0 Å². The molecule has 2 heterocycles. The molecule has 0 aliphatic carbocycles. The second-order valence-electron chi connectivity index (χ2n) is 4.65. The molecule has 6 nitrogen and oxygen atoms in total. The molecule has 1 N–H and O–H groups in total. The van der Waals surface area contributed by atoms with Crippen LogP contribution in [0.3, 0.4) is 0 Å². The molecule has 19 heavy (non-hydrogen) atoms. The van der Waals surface area contributed by atoms with Crippen LogP contribution in [0.5, 0.6) is 0 Å². The average molecular weight is 287 g/mol. The predicted octanol–water partition coefficient (Wildman–Crippen LogP) is 1.22. The van der Waals surface area contributed by atoms with E-state index >= 15 is 0 Å². The van der Waals surface area contributed by atoms with Crippen LogP contribution in [0.15, 0.2) is 16.7 Å². The highest BCUT2D eigenvalue weighted by Crippen LogP contribution is 2.14. The number of sulfonamides is 1. The Morgan fingerprint density at radius 1 is 1.47 bits per heavy atom. The fraction of sp³-hybridized carbons (Fsp3) is 0.583.